The topological polar surface area (TPSA) is 47.0 Å². The van der Waals surface area contributed by atoms with Gasteiger partial charge in [0, 0.05) is 19.6 Å². The quantitative estimate of drug-likeness (QED) is 0.837. The lowest BCUT2D eigenvalue weighted by Crippen LogP contribution is -2.51. The fourth-order valence-corrected chi connectivity index (χ4v) is 4.57. The number of likely N-dealkylation sites (tertiary alicyclic amines) is 3. The SMILES string of the molecule is CN1CCC[C@](C)(C(=O)N2CC[C@@](O)(CN3CCCC3)C2)C1. The Bertz CT molecular complexity index is 424. The molecule has 1 amide bonds. The van der Waals surface area contributed by atoms with Crippen molar-refractivity contribution in [1.29, 1.82) is 0 Å². The Balaban J connectivity index is 1.60. The second kappa shape index (κ2) is 6.10. The molecule has 0 saturated carbocycles. The Morgan fingerprint density at radius 3 is 2.45 bits per heavy atom. The minimum absolute atomic E-state index is 0.247. The standard InChI is InChI=1S/C17H31N3O2/c1-16(6-5-8-18(2)12-16)15(21)20-11-7-17(22,14-20)13-19-9-3-4-10-19/h22H,3-14H2,1-2H3/t16-,17+/m0/s1. The lowest BCUT2D eigenvalue weighted by molar-refractivity contribution is -0.144. The van der Waals surface area contributed by atoms with Crippen LogP contribution in [0.25, 0.3) is 0 Å². The summed E-state index contributed by atoms with van der Waals surface area (Å²) in [5, 5.41) is 10.9. The molecule has 3 heterocycles. The van der Waals surface area contributed by atoms with Gasteiger partial charge < -0.3 is 19.8 Å². The van der Waals surface area contributed by atoms with E-state index in [9.17, 15) is 9.90 Å². The van der Waals surface area contributed by atoms with Crippen LogP contribution in [-0.2, 0) is 4.79 Å². The predicted molar refractivity (Wildman–Crippen MR) is 86.7 cm³/mol. The van der Waals surface area contributed by atoms with E-state index in [2.05, 4.69) is 23.8 Å². The first-order valence-corrected chi connectivity index (χ1v) is 8.83. The number of amides is 1. The third-order valence-corrected chi connectivity index (χ3v) is 5.74. The second-order valence-corrected chi connectivity index (χ2v) is 8.09. The van der Waals surface area contributed by atoms with Crippen molar-refractivity contribution in [2.75, 3.05) is 52.9 Å². The van der Waals surface area contributed by atoms with Crippen molar-refractivity contribution >= 4 is 5.91 Å². The van der Waals surface area contributed by atoms with Crippen LogP contribution < -0.4 is 0 Å². The number of hydrogen-bond acceptors (Lipinski definition) is 4. The van der Waals surface area contributed by atoms with E-state index in [0.29, 0.717) is 13.1 Å². The van der Waals surface area contributed by atoms with Crippen LogP contribution in [0.3, 0.4) is 0 Å². The van der Waals surface area contributed by atoms with Gasteiger partial charge in [0.05, 0.1) is 17.6 Å². The molecule has 3 aliphatic heterocycles. The monoisotopic (exact) mass is 309 g/mol. The summed E-state index contributed by atoms with van der Waals surface area (Å²) in [5.41, 5.74) is -0.969. The molecule has 126 valence electrons. The summed E-state index contributed by atoms with van der Waals surface area (Å²) in [6, 6.07) is 0. The third kappa shape index (κ3) is 3.31. The number of hydrogen-bond donors (Lipinski definition) is 1. The zero-order valence-electron chi connectivity index (χ0n) is 14.2. The molecule has 3 fully saturated rings. The minimum Gasteiger partial charge on any atom is -0.387 e. The molecule has 5 heteroatoms. The number of carbonyl (C=O) groups is 1. The van der Waals surface area contributed by atoms with E-state index in [1.54, 1.807) is 0 Å². The molecule has 5 nitrogen and oxygen atoms in total. The number of piperidine rings is 1. The molecule has 0 bridgehead atoms. The number of nitrogens with zero attached hydrogens (tertiary/aromatic N) is 3. The van der Waals surface area contributed by atoms with Gasteiger partial charge in [-0.3, -0.25) is 4.79 Å². The molecule has 22 heavy (non-hydrogen) atoms. The smallest absolute Gasteiger partial charge is 0.229 e. The molecule has 3 saturated heterocycles. The van der Waals surface area contributed by atoms with Crippen LogP contribution in [0.15, 0.2) is 0 Å². The zero-order chi connectivity index (χ0) is 15.8. The molecule has 2 atom stereocenters. The number of rotatable bonds is 3. The van der Waals surface area contributed by atoms with Crippen LogP contribution in [-0.4, -0.2) is 84.2 Å². The molecule has 3 rings (SSSR count). The fourth-order valence-electron chi connectivity index (χ4n) is 4.57. The highest BCUT2D eigenvalue weighted by Crippen LogP contribution is 2.34. The van der Waals surface area contributed by atoms with E-state index >= 15 is 0 Å². The molecular formula is C17H31N3O2. The first-order valence-electron chi connectivity index (χ1n) is 8.83. The Morgan fingerprint density at radius 1 is 1.05 bits per heavy atom. The average molecular weight is 309 g/mol. The van der Waals surface area contributed by atoms with Gasteiger partial charge in [0.1, 0.15) is 0 Å². The maximum Gasteiger partial charge on any atom is 0.229 e. The van der Waals surface area contributed by atoms with Crippen molar-refractivity contribution in [3.63, 3.8) is 0 Å². The number of carbonyl (C=O) groups excluding carboxylic acids is 1. The Morgan fingerprint density at radius 2 is 1.77 bits per heavy atom. The largest absolute Gasteiger partial charge is 0.387 e. The van der Waals surface area contributed by atoms with E-state index < -0.39 is 5.60 Å². The van der Waals surface area contributed by atoms with E-state index in [1.807, 2.05) is 4.90 Å². The fraction of sp³-hybridized carbons (Fsp3) is 0.941. The van der Waals surface area contributed by atoms with Crippen molar-refractivity contribution in [3.05, 3.63) is 0 Å². The molecule has 0 aliphatic carbocycles. The van der Waals surface area contributed by atoms with E-state index in [1.165, 1.54) is 12.8 Å². The van der Waals surface area contributed by atoms with Crippen molar-refractivity contribution in [2.45, 2.75) is 44.6 Å². The molecule has 0 unspecified atom stereocenters. The zero-order valence-corrected chi connectivity index (χ0v) is 14.2. The molecule has 0 radical (unpaired) electrons. The van der Waals surface area contributed by atoms with Gasteiger partial charge >= 0.3 is 0 Å². The summed E-state index contributed by atoms with van der Waals surface area (Å²) < 4.78 is 0. The van der Waals surface area contributed by atoms with Crippen LogP contribution in [0.4, 0.5) is 0 Å². The predicted octanol–water partition coefficient (Wildman–Crippen LogP) is 0.778. The average Bonchev–Trinajstić information content (AvgIpc) is 3.08. The lowest BCUT2D eigenvalue weighted by atomic mass is 9.80. The highest BCUT2D eigenvalue weighted by atomic mass is 16.3. The van der Waals surface area contributed by atoms with Crippen LogP contribution in [0.1, 0.15) is 39.0 Å². The van der Waals surface area contributed by atoms with Crippen molar-refractivity contribution < 1.29 is 9.90 Å². The first-order chi connectivity index (χ1) is 10.4. The van der Waals surface area contributed by atoms with Crippen LogP contribution in [0.5, 0.6) is 0 Å². The lowest BCUT2D eigenvalue weighted by Gasteiger charge is -2.40. The van der Waals surface area contributed by atoms with Crippen molar-refractivity contribution in [2.24, 2.45) is 5.41 Å². The van der Waals surface area contributed by atoms with Gasteiger partial charge in [0.25, 0.3) is 0 Å². The van der Waals surface area contributed by atoms with Gasteiger partial charge in [-0.1, -0.05) is 0 Å². The maximum absolute atomic E-state index is 13.0. The summed E-state index contributed by atoms with van der Waals surface area (Å²) in [4.78, 5) is 19.5. The van der Waals surface area contributed by atoms with Crippen LogP contribution in [0, 0.1) is 5.41 Å². The van der Waals surface area contributed by atoms with Gasteiger partial charge in [0.15, 0.2) is 0 Å². The molecular weight excluding hydrogens is 278 g/mol. The van der Waals surface area contributed by atoms with Crippen molar-refractivity contribution in [1.82, 2.24) is 14.7 Å². The summed E-state index contributed by atoms with van der Waals surface area (Å²) in [5.74, 6) is 0.247. The van der Waals surface area contributed by atoms with Gasteiger partial charge in [-0.25, -0.2) is 0 Å². The summed E-state index contributed by atoms with van der Waals surface area (Å²) >= 11 is 0. The van der Waals surface area contributed by atoms with E-state index in [0.717, 1.165) is 52.0 Å². The molecule has 3 aliphatic rings. The molecule has 0 spiro atoms. The van der Waals surface area contributed by atoms with Gasteiger partial charge in [-0.2, -0.15) is 0 Å². The molecule has 0 aromatic carbocycles. The highest BCUT2D eigenvalue weighted by molar-refractivity contribution is 5.83. The molecule has 1 N–H and O–H groups in total. The third-order valence-electron chi connectivity index (χ3n) is 5.74. The van der Waals surface area contributed by atoms with Crippen molar-refractivity contribution in [3.8, 4) is 0 Å². The number of β-amino-alcohol motifs (C(OH)–C–C–N with tert-alkyl or cyclic N) is 1. The Hall–Kier alpha value is -0.650. The Labute approximate surface area is 134 Å². The van der Waals surface area contributed by atoms with Gasteiger partial charge in [0.2, 0.25) is 5.91 Å². The summed E-state index contributed by atoms with van der Waals surface area (Å²) in [6.07, 6.45) is 5.26. The van der Waals surface area contributed by atoms with Crippen LogP contribution in [0.2, 0.25) is 0 Å². The molecule has 0 aromatic heterocycles. The first kappa shape index (κ1) is 16.2. The van der Waals surface area contributed by atoms with E-state index in [-0.39, 0.29) is 11.3 Å². The minimum atomic E-state index is -0.697. The molecule has 0 aromatic rings. The van der Waals surface area contributed by atoms with Crippen LogP contribution >= 0.6 is 0 Å². The Kier molecular flexibility index (Phi) is 4.49. The van der Waals surface area contributed by atoms with Gasteiger partial charge in [-0.15, -0.1) is 0 Å². The maximum atomic E-state index is 13.0. The second-order valence-electron chi connectivity index (χ2n) is 8.09. The number of aliphatic hydroxyl groups is 1. The summed E-state index contributed by atoms with van der Waals surface area (Å²) in [6.45, 7) is 8.17. The van der Waals surface area contributed by atoms with E-state index in [4.69, 9.17) is 0 Å². The van der Waals surface area contributed by atoms with Gasteiger partial charge in [-0.05, 0) is 65.7 Å². The highest BCUT2D eigenvalue weighted by Gasteiger charge is 2.45. The normalized spacial score (nSPS) is 37.9. The summed E-state index contributed by atoms with van der Waals surface area (Å²) in [7, 11) is 2.10.